The monoisotopic (exact) mass is 439 g/mol. The average Bonchev–Trinajstić information content (AvgIpc) is 3.52. The van der Waals surface area contributed by atoms with Crippen molar-refractivity contribution in [2.45, 2.75) is 12.8 Å². The fourth-order valence-corrected chi connectivity index (χ4v) is 3.59. The molecule has 1 saturated carbocycles. The van der Waals surface area contributed by atoms with Gasteiger partial charge in [-0.2, -0.15) is 0 Å². The number of anilines is 3. The van der Waals surface area contributed by atoms with E-state index in [9.17, 15) is 14.4 Å². The van der Waals surface area contributed by atoms with Crippen molar-refractivity contribution >= 4 is 45.6 Å². The molecular formula is C26H21N3O4. The van der Waals surface area contributed by atoms with E-state index in [2.05, 4.69) is 16.0 Å². The van der Waals surface area contributed by atoms with Crippen molar-refractivity contribution in [2.75, 3.05) is 16.0 Å². The van der Waals surface area contributed by atoms with Crippen LogP contribution in [0.3, 0.4) is 0 Å². The lowest BCUT2D eigenvalue weighted by Crippen LogP contribution is -2.19. The van der Waals surface area contributed by atoms with Gasteiger partial charge in [-0.3, -0.25) is 14.4 Å². The Hall–Kier alpha value is -4.39. The highest BCUT2D eigenvalue weighted by molar-refractivity contribution is 6.13. The molecule has 164 valence electrons. The quantitative estimate of drug-likeness (QED) is 0.380. The standard InChI is InChI=1S/C26H21N3O4/c30-24(16-10-11-16)29-22-14-18-6-2-1-5-17(18)13-21(22)25(31)27-19-7-3-8-20(15-19)28-26(32)23-9-4-12-33-23/h1-9,12-16H,10-11H2,(H,27,31)(H,28,32)(H,29,30). The highest BCUT2D eigenvalue weighted by Crippen LogP contribution is 2.32. The average molecular weight is 439 g/mol. The van der Waals surface area contributed by atoms with Gasteiger partial charge in [0.2, 0.25) is 5.91 Å². The van der Waals surface area contributed by atoms with Crippen LogP contribution in [0.25, 0.3) is 10.8 Å². The summed E-state index contributed by atoms with van der Waals surface area (Å²) in [7, 11) is 0. The molecule has 3 aromatic carbocycles. The van der Waals surface area contributed by atoms with Gasteiger partial charge in [-0.1, -0.05) is 30.3 Å². The Morgan fingerprint density at radius 2 is 1.42 bits per heavy atom. The highest BCUT2D eigenvalue weighted by Gasteiger charge is 2.30. The number of carbonyl (C=O) groups excluding carboxylic acids is 3. The molecule has 1 aliphatic rings. The second kappa shape index (κ2) is 8.63. The molecule has 4 aromatic rings. The number of benzene rings is 3. The molecule has 7 nitrogen and oxygen atoms in total. The Bertz CT molecular complexity index is 1360. The van der Waals surface area contributed by atoms with Crippen molar-refractivity contribution in [3.8, 4) is 0 Å². The van der Waals surface area contributed by atoms with Crippen LogP contribution in [-0.2, 0) is 4.79 Å². The minimum absolute atomic E-state index is 0.0156. The normalized spacial score (nSPS) is 12.8. The number of furan rings is 1. The van der Waals surface area contributed by atoms with Crippen LogP contribution in [0.4, 0.5) is 17.1 Å². The molecule has 1 heterocycles. The first-order chi connectivity index (χ1) is 16.1. The van der Waals surface area contributed by atoms with Crippen molar-refractivity contribution in [1.29, 1.82) is 0 Å². The fraction of sp³-hybridized carbons (Fsp3) is 0.115. The van der Waals surface area contributed by atoms with E-state index in [1.165, 1.54) is 6.26 Å². The summed E-state index contributed by atoms with van der Waals surface area (Å²) >= 11 is 0. The van der Waals surface area contributed by atoms with Gasteiger partial charge in [-0.05, 0) is 66.1 Å². The van der Waals surface area contributed by atoms with E-state index >= 15 is 0 Å². The predicted molar refractivity (Wildman–Crippen MR) is 126 cm³/mol. The van der Waals surface area contributed by atoms with E-state index in [4.69, 9.17) is 4.42 Å². The molecule has 1 aliphatic carbocycles. The van der Waals surface area contributed by atoms with E-state index < -0.39 is 0 Å². The predicted octanol–water partition coefficient (Wildman–Crippen LogP) is 5.29. The van der Waals surface area contributed by atoms with Gasteiger partial charge < -0.3 is 20.4 Å². The summed E-state index contributed by atoms with van der Waals surface area (Å²) in [6.07, 6.45) is 3.17. The zero-order chi connectivity index (χ0) is 22.8. The Morgan fingerprint density at radius 3 is 2.09 bits per heavy atom. The first kappa shape index (κ1) is 20.5. The SMILES string of the molecule is O=C(Nc1cccc(NC(=O)c2cc3ccccc3cc2NC(=O)C2CC2)c1)c1ccco1. The molecule has 7 heteroatoms. The largest absolute Gasteiger partial charge is 0.459 e. The number of fused-ring (bicyclic) bond motifs is 1. The maximum Gasteiger partial charge on any atom is 0.291 e. The lowest BCUT2D eigenvalue weighted by molar-refractivity contribution is -0.117. The van der Waals surface area contributed by atoms with Crippen LogP contribution in [0, 0.1) is 5.92 Å². The van der Waals surface area contributed by atoms with Gasteiger partial charge in [0.05, 0.1) is 17.5 Å². The summed E-state index contributed by atoms with van der Waals surface area (Å²) in [6, 6.07) is 21.3. The molecule has 3 amide bonds. The summed E-state index contributed by atoms with van der Waals surface area (Å²) in [4.78, 5) is 37.8. The molecule has 0 aliphatic heterocycles. The molecule has 33 heavy (non-hydrogen) atoms. The maximum absolute atomic E-state index is 13.2. The minimum Gasteiger partial charge on any atom is -0.459 e. The number of hydrogen-bond donors (Lipinski definition) is 3. The summed E-state index contributed by atoms with van der Waals surface area (Å²) in [5, 5.41) is 10.3. The van der Waals surface area contributed by atoms with E-state index in [1.807, 2.05) is 30.3 Å². The smallest absolute Gasteiger partial charge is 0.291 e. The third-order valence-corrected chi connectivity index (χ3v) is 5.46. The zero-order valence-electron chi connectivity index (χ0n) is 17.6. The van der Waals surface area contributed by atoms with Crippen molar-refractivity contribution < 1.29 is 18.8 Å². The second-order valence-corrected chi connectivity index (χ2v) is 7.97. The molecule has 0 saturated heterocycles. The number of hydrogen-bond acceptors (Lipinski definition) is 4. The summed E-state index contributed by atoms with van der Waals surface area (Å²) in [5.74, 6) is -0.607. The lowest BCUT2D eigenvalue weighted by Gasteiger charge is -2.14. The van der Waals surface area contributed by atoms with E-state index in [-0.39, 0.29) is 29.4 Å². The molecule has 0 atom stereocenters. The van der Waals surface area contributed by atoms with Gasteiger partial charge in [0, 0.05) is 17.3 Å². The Labute approximate surface area is 189 Å². The molecule has 0 bridgehead atoms. The lowest BCUT2D eigenvalue weighted by atomic mass is 10.0. The maximum atomic E-state index is 13.2. The molecule has 1 fully saturated rings. The van der Waals surface area contributed by atoms with Crippen LogP contribution >= 0.6 is 0 Å². The zero-order valence-corrected chi connectivity index (χ0v) is 17.6. The first-order valence-electron chi connectivity index (χ1n) is 10.7. The molecule has 0 unspecified atom stereocenters. The van der Waals surface area contributed by atoms with Gasteiger partial charge in [-0.15, -0.1) is 0 Å². The van der Waals surface area contributed by atoms with Crippen LogP contribution in [0.15, 0.2) is 83.5 Å². The van der Waals surface area contributed by atoms with Crippen LogP contribution in [-0.4, -0.2) is 17.7 Å². The Balaban J connectivity index is 1.39. The van der Waals surface area contributed by atoms with Crippen LogP contribution in [0.1, 0.15) is 33.8 Å². The molecule has 3 N–H and O–H groups in total. The van der Waals surface area contributed by atoms with Gasteiger partial charge in [0.25, 0.3) is 11.8 Å². The van der Waals surface area contributed by atoms with Gasteiger partial charge in [0.1, 0.15) is 0 Å². The summed E-state index contributed by atoms with van der Waals surface area (Å²) < 4.78 is 5.11. The topological polar surface area (TPSA) is 100 Å². The van der Waals surface area contributed by atoms with Crippen molar-refractivity contribution in [1.82, 2.24) is 0 Å². The van der Waals surface area contributed by atoms with Crippen LogP contribution < -0.4 is 16.0 Å². The molecular weight excluding hydrogens is 418 g/mol. The Morgan fingerprint density at radius 1 is 0.727 bits per heavy atom. The Kier molecular flexibility index (Phi) is 5.36. The second-order valence-electron chi connectivity index (χ2n) is 7.97. The van der Waals surface area contributed by atoms with Crippen molar-refractivity contribution in [3.63, 3.8) is 0 Å². The van der Waals surface area contributed by atoms with Crippen LogP contribution in [0.5, 0.6) is 0 Å². The molecule has 0 spiro atoms. The third kappa shape index (κ3) is 4.62. The first-order valence-corrected chi connectivity index (χ1v) is 10.7. The summed E-state index contributed by atoms with van der Waals surface area (Å²) in [6.45, 7) is 0. The van der Waals surface area contributed by atoms with Gasteiger partial charge in [0.15, 0.2) is 5.76 Å². The minimum atomic E-state index is -0.386. The third-order valence-electron chi connectivity index (χ3n) is 5.46. The van der Waals surface area contributed by atoms with Crippen molar-refractivity contribution in [2.24, 2.45) is 5.92 Å². The number of nitrogens with one attached hydrogen (secondary N) is 3. The molecule has 5 rings (SSSR count). The van der Waals surface area contributed by atoms with Crippen LogP contribution in [0.2, 0.25) is 0 Å². The molecule has 1 aromatic heterocycles. The number of amides is 3. The fourth-order valence-electron chi connectivity index (χ4n) is 3.59. The van der Waals surface area contributed by atoms with E-state index in [1.54, 1.807) is 42.5 Å². The number of rotatable bonds is 6. The van der Waals surface area contributed by atoms with E-state index in [0.29, 0.717) is 22.6 Å². The number of carbonyl (C=O) groups is 3. The van der Waals surface area contributed by atoms with Crippen molar-refractivity contribution in [3.05, 3.63) is 90.4 Å². The molecule has 0 radical (unpaired) electrons. The highest BCUT2D eigenvalue weighted by atomic mass is 16.3. The van der Waals surface area contributed by atoms with Gasteiger partial charge >= 0.3 is 0 Å². The summed E-state index contributed by atoms with van der Waals surface area (Å²) in [5.41, 5.74) is 1.86. The van der Waals surface area contributed by atoms with Gasteiger partial charge in [-0.25, -0.2) is 0 Å². The van der Waals surface area contributed by atoms with E-state index in [0.717, 1.165) is 23.6 Å².